The summed E-state index contributed by atoms with van der Waals surface area (Å²) in [5.41, 5.74) is -0.0474. The average Bonchev–Trinajstić information content (AvgIpc) is 2.98. The Balaban J connectivity index is 1.90. The fourth-order valence-corrected chi connectivity index (χ4v) is 1.79. The molecular formula is C14H14F3N3O2. The van der Waals surface area contributed by atoms with E-state index in [0.717, 1.165) is 0 Å². The van der Waals surface area contributed by atoms with Crippen LogP contribution in [-0.2, 0) is 16.1 Å². The number of ether oxygens (including phenoxy) is 1. The van der Waals surface area contributed by atoms with Crippen molar-refractivity contribution in [2.75, 3.05) is 6.61 Å². The molecule has 0 spiro atoms. The number of benzene rings is 1. The van der Waals surface area contributed by atoms with E-state index in [1.54, 1.807) is 12.3 Å². The van der Waals surface area contributed by atoms with Gasteiger partial charge < -0.3 is 15.0 Å². The van der Waals surface area contributed by atoms with Gasteiger partial charge in [0.05, 0.1) is 6.54 Å². The largest absolute Gasteiger partial charge is 0.418 e. The van der Waals surface area contributed by atoms with Gasteiger partial charge in [0.1, 0.15) is 12.4 Å². The second kappa shape index (κ2) is 7.08. The fraction of sp³-hybridized carbons (Fsp3) is 0.286. The highest BCUT2D eigenvalue weighted by atomic mass is 19.4. The Bertz CT molecular complexity index is 585. The van der Waals surface area contributed by atoms with E-state index in [1.807, 2.05) is 0 Å². The van der Waals surface area contributed by atoms with E-state index in [0.29, 0.717) is 5.82 Å². The molecule has 2 aromatic rings. The molecule has 1 aromatic heterocycles. The lowest BCUT2D eigenvalue weighted by Gasteiger charge is -2.20. The zero-order chi connectivity index (χ0) is 16.0. The number of alkyl halides is 3. The normalized spacial score (nSPS) is 12.9. The summed E-state index contributed by atoms with van der Waals surface area (Å²) >= 11 is 0. The van der Waals surface area contributed by atoms with Crippen LogP contribution in [0.1, 0.15) is 17.5 Å². The van der Waals surface area contributed by atoms with E-state index in [4.69, 9.17) is 4.74 Å². The first-order valence-corrected chi connectivity index (χ1v) is 6.45. The average molecular weight is 313 g/mol. The molecule has 0 fully saturated rings. The van der Waals surface area contributed by atoms with Crippen molar-refractivity contribution in [1.82, 2.24) is 15.3 Å². The Morgan fingerprint density at radius 1 is 1.32 bits per heavy atom. The molecule has 0 radical (unpaired) electrons. The van der Waals surface area contributed by atoms with E-state index in [9.17, 15) is 18.0 Å². The molecule has 0 bridgehead atoms. The number of hydrogen-bond donors (Lipinski definition) is 2. The Labute approximate surface area is 124 Å². The van der Waals surface area contributed by atoms with Gasteiger partial charge in [-0.3, -0.25) is 4.79 Å². The molecule has 1 aromatic carbocycles. The predicted molar refractivity (Wildman–Crippen MR) is 71.6 cm³/mol. The maximum Gasteiger partial charge on any atom is 0.418 e. The van der Waals surface area contributed by atoms with Crippen LogP contribution in [0, 0.1) is 0 Å². The van der Waals surface area contributed by atoms with Gasteiger partial charge in [-0.1, -0.05) is 30.3 Å². The first kappa shape index (κ1) is 16.0. The summed E-state index contributed by atoms with van der Waals surface area (Å²) in [6.45, 7) is -0.600. The number of hydrogen-bond acceptors (Lipinski definition) is 3. The zero-order valence-corrected chi connectivity index (χ0v) is 11.4. The number of H-pyrrole nitrogens is 1. The minimum Gasteiger partial charge on any atom is -0.354 e. The Kier molecular flexibility index (Phi) is 5.16. The highest BCUT2D eigenvalue weighted by Gasteiger charge is 2.42. The third kappa shape index (κ3) is 4.59. The molecule has 22 heavy (non-hydrogen) atoms. The molecule has 5 nitrogen and oxygen atoms in total. The van der Waals surface area contributed by atoms with Gasteiger partial charge in [0.15, 0.2) is 6.10 Å². The van der Waals surface area contributed by atoms with Crippen LogP contribution in [0.5, 0.6) is 0 Å². The lowest BCUT2D eigenvalue weighted by molar-refractivity contribution is -0.223. The summed E-state index contributed by atoms with van der Waals surface area (Å²) in [6.07, 6.45) is -3.65. The molecule has 2 N–H and O–H groups in total. The maximum absolute atomic E-state index is 13.0. The number of imidazole rings is 1. The van der Waals surface area contributed by atoms with Gasteiger partial charge in [0, 0.05) is 12.4 Å². The molecule has 1 amide bonds. The summed E-state index contributed by atoms with van der Waals surface area (Å²) in [5, 5.41) is 2.42. The van der Waals surface area contributed by atoms with E-state index < -0.39 is 24.8 Å². The molecule has 2 rings (SSSR count). The monoisotopic (exact) mass is 313 g/mol. The number of aromatic nitrogens is 2. The number of carbonyl (C=O) groups is 1. The zero-order valence-electron chi connectivity index (χ0n) is 11.4. The standard InChI is InChI=1S/C14H14F3N3O2/c15-14(16,17)13(10-4-2-1-3-5-10)22-9-12(21)20-8-11-18-6-7-19-11/h1-7,13H,8-9H2,(H,18,19)(H,20,21)/t13-/m0/s1. The van der Waals surface area contributed by atoms with Crippen molar-refractivity contribution in [2.45, 2.75) is 18.8 Å². The Hall–Kier alpha value is -2.35. The van der Waals surface area contributed by atoms with Crippen LogP contribution in [0.25, 0.3) is 0 Å². The SMILES string of the molecule is O=C(CO[C@@H](c1ccccc1)C(F)(F)F)NCc1ncc[nH]1. The lowest BCUT2D eigenvalue weighted by Crippen LogP contribution is -2.31. The van der Waals surface area contributed by atoms with E-state index in [2.05, 4.69) is 15.3 Å². The maximum atomic E-state index is 13.0. The minimum absolute atomic E-state index is 0.0474. The van der Waals surface area contributed by atoms with Crippen molar-refractivity contribution in [2.24, 2.45) is 0 Å². The first-order valence-electron chi connectivity index (χ1n) is 6.45. The molecule has 0 saturated carbocycles. The number of nitrogens with zero attached hydrogens (tertiary/aromatic N) is 1. The second-order valence-corrected chi connectivity index (χ2v) is 4.46. The number of amides is 1. The quantitative estimate of drug-likeness (QED) is 0.860. The number of nitrogens with one attached hydrogen (secondary N) is 2. The topological polar surface area (TPSA) is 67.0 Å². The van der Waals surface area contributed by atoms with Gasteiger partial charge in [0.25, 0.3) is 0 Å². The number of aromatic amines is 1. The van der Waals surface area contributed by atoms with Gasteiger partial charge in [-0.05, 0) is 5.56 Å². The molecule has 118 valence electrons. The van der Waals surface area contributed by atoms with Crippen LogP contribution >= 0.6 is 0 Å². The molecule has 0 aliphatic rings. The van der Waals surface area contributed by atoms with Crippen molar-refractivity contribution in [3.05, 3.63) is 54.1 Å². The van der Waals surface area contributed by atoms with Crippen molar-refractivity contribution < 1.29 is 22.7 Å². The molecule has 1 heterocycles. The molecular weight excluding hydrogens is 299 g/mol. The number of halogens is 3. The second-order valence-electron chi connectivity index (χ2n) is 4.46. The predicted octanol–water partition coefficient (Wildman–Crippen LogP) is 2.35. The third-order valence-corrected chi connectivity index (χ3v) is 2.79. The van der Waals surface area contributed by atoms with Crippen LogP contribution in [0.4, 0.5) is 13.2 Å². The summed E-state index contributed by atoms with van der Waals surface area (Å²) in [4.78, 5) is 18.2. The first-order chi connectivity index (χ1) is 10.5. The van der Waals surface area contributed by atoms with Crippen molar-refractivity contribution in [3.8, 4) is 0 Å². The van der Waals surface area contributed by atoms with Crippen LogP contribution in [0.3, 0.4) is 0 Å². The Morgan fingerprint density at radius 2 is 2.05 bits per heavy atom. The van der Waals surface area contributed by atoms with Crippen LogP contribution in [0.15, 0.2) is 42.7 Å². The van der Waals surface area contributed by atoms with Crippen LogP contribution < -0.4 is 5.32 Å². The number of rotatable bonds is 6. The van der Waals surface area contributed by atoms with Crippen molar-refractivity contribution in [3.63, 3.8) is 0 Å². The highest BCUT2D eigenvalue weighted by Crippen LogP contribution is 2.35. The lowest BCUT2D eigenvalue weighted by atomic mass is 10.1. The smallest absolute Gasteiger partial charge is 0.354 e. The summed E-state index contributed by atoms with van der Waals surface area (Å²) in [6, 6.07) is 7.17. The van der Waals surface area contributed by atoms with Gasteiger partial charge >= 0.3 is 6.18 Å². The minimum atomic E-state index is -4.59. The summed E-state index contributed by atoms with van der Waals surface area (Å²) < 4.78 is 43.7. The van der Waals surface area contributed by atoms with Gasteiger partial charge in [-0.15, -0.1) is 0 Å². The fourth-order valence-electron chi connectivity index (χ4n) is 1.79. The highest BCUT2D eigenvalue weighted by molar-refractivity contribution is 5.77. The summed E-state index contributed by atoms with van der Waals surface area (Å²) in [7, 11) is 0. The van der Waals surface area contributed by atoms with Gasteiger partial charge in [0.2, 0.25) is 5.91 Å². The van der Waals surface area contributed by atoms with E-state index >= 15 is 0 Å². The van der Waals surface area contributed by atoms with E-state index in [1.165, 1.54) is 30.5 Å². The van der Waals surface area contributed by atoms with Crippen LogP contribution in [0.2, 0.25) is 0 Å². The molecule has 0 saturated heterocycles. The van der Waals surface area contributed by atoms with Crippen LogP contribution in [-0.4, -0.2) is 28.7 Å². The van der Waals surface area contributed by atoms with Gasteiger partial charge in [-0.2, -0.15) is 13.2 Å². The Morgan fingerprint density at radius 3 is 2.64 bits per heavy atom. The molecule has 0 aliphatic heterocycles. The molecule has 8 heteroatoms. The number of carbonyl (C=O) groups excluding carboxylic acids is 1. The van der Waals surface area contributed by atoms with Crippen molar-refractivity contribution in [1.29, 1.82) is 0 Å². The third-order valence-electron chi connectivity index (χ3n) is 2.79. The molecule has 1 atom stereocenters. The molecule has 0 unspecified atom stereocenters. The van der Waals surface area contributed by atoms with Gasteiger partial charge in [-0.25, -0.2) is 4.98 Å². The van der Waals surface area contributed by atoms with E-state index in [-0.39, 0.29) is 12.1 Å². The molecule has 0 aliphatic carbocycles. The van der Waals surface area contributed by atoms with Crippen molar-refractivity contribution >= 4 is 5.91 Å². The summed E-state index contributed by atoms with van der Waals surface area (Å²) in [5.74, 6) is -0.148.